The molecular weight excluding hydrogens is 529 g/mol. The summed E-state index contributed by atoms with van der Waals surface area (Å²) in [6.07, 6.45) is 2.88. The summed E-state index contributed by atoms with van der Waals surface area (Å²) >= 11 is 17.8. The molecule has 0 bridgehead atoms. The van der Waals surface area contributed by atoms with E-state index < -0.39 is 5.91 Å². The van der Waals surface area contributed by atoms with Crippen LogP contribution in [-0.4, -0.2) is 16.0 Å². The number of para-hydroxylation sites is 2. The highest BCUT2D eigenvalue weighted by molar-refractivity contribution is 7.80. The summed E-state index contributed by atoms with van der Waals surface area (Å²) in [6, 6.07) is 22.0. The first kappa shape index (κ1) is 24.8. The molecule has 6 nitrogen and oxygen atoms in total. The molecule has 5 aromatic rings. The molecule has 0 unspecified atom stereocenters. The average molecular weight is 548 g/mol. The van der Waals surface area contributed by atoms with Crippen LogP contribution in [0, 0.1) is 6.92 Å². The van der Waals surface area contributed by atoms with Gasteiger partial charge >= 0.3 is 0 Å². The van der Waals surface area contributed by atoms with Crippen LogP contribution in [0.2, 0.25) is 10.0 Å². The molecule has 0 radical (unpaired) electrons. The highest BCUT2D eigenvalue weighted by Gasteiger charge is 2.12. The smallest absolute Gasteiger partial charge is 0.250 e. The summed E-state index contributed by atoms with van der Waals surface area (Å²) in [7, 11) is 0. The van der Waals surface area contributed by atoms with Crippen molar-refractivity contribution in [2.45, 2.75) is 6.92 Å². The van der Waals surface area contributed by atoms with Crippen LogP contribution in [0.25, 0.3) is 40.0 Å². The van der Waals surface area contributed by atoms with Gasteiger partial charge in [0, 0.05) is 22.2 Å². The lowest BCUT2D eigenvalue weighted by atomic mass is 10.1. The SMILES string of the molecule is Cc1ccc(-c2ccc(/C=C/C(=O)NC(=S)Nc3cc(-c4nc5ccccc5o4)ccc3Cl)o2)cc1Cl. The number of aromatic nitrogens is 1. The van der Waals surface area contributed by atoms with E-state index in [0.717, 1.165) is 16.6 Å². The van der Waals surface area contributed by atoms with Crippen molar-refractivity contribution in [1.82, 2.24) is 10.3 Å². The molecule has 2 N–H and O–H groups in total. The Morgan fingerprint density at radius 3 is 2.57 bits per heavy atom. The molecule has 37 heavy (non-hydrogen) atoms. The number of nitrogens with one attached hydrogen (secondary N) is 2. The number of halogens is 2. The summed E-state index contributed by atoms with van der Waals surface area (Å²) in [5.41, 5.74) is 4.48. The van der Waals surface area contributed by atoms with Crippen molar-refractivity contribution in [3.63, 3.8) is 0 Å². The molecule has 0 aliphatic carbocycles. The molecule has 3 aromatic carbocycles. The average Bonchev–Trinajstić information content (AvgIpc) is 3.53. The second-order valence-corrected chi connectivity index (χ2v) is 9.35. The van der Waals surface area contributed by atoms with Gasteiger partial charge < -0.3 is 14.2 Å². The number of benzene rings is 3. The first-order valence-electron chi connectivity index (χ1n) is 11.2. The lowest BCUT2D eigenvalue weighted by Gasteiger charge is -2.10. The van der Waals surface area contributed by atoms with Crippen molar-refractivity contribution >= 4 is 69.3 Å². The van der Waals surface area contributed by atoms with Gasteiger partial charge in [0.25, 0.3) is 0 Å². The van der Waals surface area contributed by atoms with Gasteiger partial charge in [-0.05, 0) is 79.3 Å². The number of oxazole rings is 1. The highest BCUT2D eigenvalue weighted by atomic mass is 35.5. The van der Waals surface area contributed by atoms with E-state index in [9.17, 15) is 4.79 Å². The van der Waals surface area contributed by atoms with Gasteiger partial charge in [0.05, 0.1) is 10.7 Å². The third kappa shape index (κ3) is 5.75. The maximum absolute atomic E-state index is 12.4. The van der Waals surface area contributed by atoms with Gasteiger partial charge in [-0.2, -0.15) is 0 Å². The molecule has 9 heteroatoms. The Hall–Kier alpha value is -3.91. The zero-order valence-corrected chi connectivity index (χ0v) is 21.7. The van der Waals surface area contributed by atoms with E-state index in [1.54, 1.807) is 30.3 Å². The van der Waals surface area contributed by atoms with Crippen LogP contribution in [0.3, 0.4) is 0 Å². The van der Waals surface area contributed by atoms with Crippen LogP contribution in [-0.2, 0) is 4.79 Å². The van der Waals surface area contributed by atoms with E-state index in [1.165, 1.54) is 6.08 Å². The van der Waals surface area contributed by atoms with Gasteiger partial charge in [0.15, 0.2) is 10.7 Å². The number of amides is 1. The Morgan fingerprint density at radius 2 is 1.76 bits per heavy atom. The van der Waals surface area contributed by atoms with E-state index in [1.807, 2.05) is 55.5 Å². The van der Waals surface area contributed by atoms with Crippen LogP contribution in [0.5, 0.6) is 0 Å². The predicted octanol–water partition coefficient (Wildman–Crippen LogP) is 7.90. The molecule has 0 aliphatic rings. The topological polar surface area (TPSA) is 80.3 Å². The van der Waals surface area contributed by atoms with Crippen molar-refractivity contribution in [3.8, 4) is 22.8 Å². The van der Waals surface area contributed by atoms with Crippen molar-refractivity contribution in [1.29, 1.82) is 0 Å². The minimum atomic E-state index is -0.431. The third-order valence-corrected chi connectivity index (χ3v) is 6.42. The highest BCUT2D eigenvalue weighted by Crippen LogP contribution is 2.30. The Kier molecular flexibility index (Phi) is 7.10. The number of fused-ring (bicyclic) bond motifs is 1. The quantitative estimate of drug-likeness (QED) is 0.172. The van der Waals surface area contributed by atoms with Gasteiger partial charge in [-0.1, -0.05) is 47.5 Å². The maximum atomic E-state index is 12.4. The van der Waals surface area contributed by atoms with Crippen LogP contribution in [0.4, 0.5) is 5.69 Å². The monoisotopic (exact) mass is 547 g/mol. The molecule has 1 amide bonds. The predicted molar refractivity (Wildman–Crippen MR) is 152 cm³/mol. The molecule has 0 saturated heterocycles. The maximum Gasteiger partial charge on any atom is 0.250 e. The Bertz CT molecular complexity index is 1640. The number of furan rings is 1. The van der Waals surface area contributed by atoms with Crippen molar-refractivity contribution < 1.29 is 13.6 Å². The van der Waals surface area contributed by atoms with Gasteiger partial charge in [-0.25, -0.2) is 4.98 Å². The Labute approximate surface area is 227 Å². The molecule has 0 fully saturated rings. The van der Waals surface area contributed by atoms with Gasteiger partial charge in [0.1, 0.15) is 17.0 Å². The number of hydrogen-bond donors (Lipinski definition) is 2. The number of carbonyl (C=O) groups is 1. The van der Waals surface area contributed by atoms with E-state index in [-0.39, 0.29) is 5.11 Å². The minimum absolute atomic E-state index is 0.0840. The summed E-state index contributed by atoms with van der Waals surface area (Å²) in [5.74, 6) is 1.17. The van der Waals surface area contributed by atoms with E-state index in [2.05, 4.69) is 15.6 Å². The third-order valence-electron chi connectivity index (χ3n) is 5.47. The van der Waals surface area contributed by atoms with Gasteiger partial charge in [-0.15, -0.1) is 0 Å². The van der Waals surface area contributed by atoms with Crippen LogP contribution < -0.4 is 10.6 Å². The lowest BCUT2D eigenvalue weighted by Crippen LogP contribution is -2.32. The van der Waals surface area contributed by atoms with Crippen LogP contribution in [0.1, 0.15) is 11.3 Å². The molecule has 0 aliphatic heterocycles. The molecule has 0 saturated carbocycles. The van der Waals surface area contributed by atoms with E-state index in [4.69, 9.17) is 44.3 Å². The number of thiocarbonyl (C=S) groups is 1. The van der Waals surface area contributed by atoms with Gasteiger partial charge in [-0.3, -0.25) is 10.1 Å². The van der Waals surface area contributed by atoms with E-state index >= 15 is 0 Å². The molecule has 2 aromatic heterocycles. The first-order valence-corrected chi connectivity index (χ1v) is 12.3. The fourth-order valence-electron chi connectivity index (χ4n) is 3.56. The molecular formula is C28H19Cl2N3O3S. The zero-order valence-electron chi connectivity index (χ0n) is 19.4. The van der Waals surface area contributed by atoms with Crippen molar-refractivity contribution in [3.05, 3.63) is 100 Å². The summed E-state index contributed by atoms with van der Waals surface area (Å²) in [5, 5.41) is 6.71. The number of anilines is 1. The fourth-order valence-corrected chi connectivity index (χ4v) is 4.11. The van der Waals surface area contributed by atoms with E-state index in [0.29, 0.717) is 44.3 Å². The molecule has 184 valence electrons. The zero-order chi connectivity index (χ0) is 25.9. The molecule has 0 atom stereocenters. The summed E-state index contributed by atoms with van der Waals surface area (Å²) < 4.78 is 11.6. The number of carbonyl (C=O) groups excluding carboxylic acids is 1. The summed E-state index contributed by atoms with van der Waals surface area (Å²) in [6.45, 7) is 1.93. The number of nitrogens with zero attached hydrogens (tertiary/aromatic N) is 1. The number of aryl methyl sites for hydroxylation is 1. The molecule has 5 rings (SSSR count). The number of hydrogen-bond acceptors (Lipinski definition) is 5. The lowest BCUT2D eigenvalue weighted by molar-refractivity contribution is -0.115. The first-order chi connectivity index (χ1) is 17.9. The van der Waals surface area contributed by atoms with Crippen LogP contribution >= 0.6 is 35.4 Å². The second kappa shape index (κ2) is 10.6. The van der Waals surface area contributed by atoms with Crippen LogP contribution in [0.15, 0.2) is 87.7 Å². The molecule has 0 spiro atoms. The fraction of sp³-hybridized carbons (Fsp3) is 0.0357. The largest absolute Gasteiger partial charge is 0.457 e. The summed E-state index contributed by atoms with van der Waals surface area (Å²) in [4.78, 5) is 16.9. The Morgan fingerprint density at radius 1 is 0.946 bits per heavy atom. The molecule has 2 heterocycles. The van der Waals surface area contributed by atoms with Gasteiger partial charge in [0.2, 0.25) is 11.8 Å². The standard InChI is InChI=1S/C28H19Cl2N3O3S/c1-16-6-7-17(14-21(16)30)24-12-9-19(35-24)10-13-26(34)33-28(37)32-23-15-18(8-11-20(23)29)27-31-22-4-2-3-5-25(22)36-27/h2-15H,1H3,(H2,32,33,34,37)/b13-10+. The van der Waals surface area contributed by atoms with Crippen molar-refractivity contribution in [2.24, 2.45) is 0 Å². The Balaban J connectivity index is 1.23. The normalized spacial score (nSPS) is 11.2. The van der Waals surface area contributed by atoms with Crippen molar-refractivity contribution in [2.75, 3.05) is 5.32 Å². The minimum Gasteiger partial charge on any atom is -0.457 e. The number of rotatable bonds is 5. The second-order valence-electron chi connectivity index (χ2n) is 8.12.